The minimum Gasteiger partial charge on any atom is -0.331 e. The highest BCUT2D eigenvalue weighted by atomic mass is 15.3. The lowest BCUT2D eigenvalue weighted by Gasteiger charge is -2.23. The molecule has 0 amide bonds. The summed E-state index contributed by atoms with van der Waals surface area (Å²) in [6.07, 6.45) is 24.4. The van der Waals surface area contributed by atoms with Gasteiger partial charge in [0.15, 0.2) is 0 Å². The average Bonchev–Trinajstić information content (AvgIpc) is 2.45. The first-order chi connectivity index (χ1) is 10.6. The summed E-state index contributed by atoms with van der Waals surface area (Å²) in [5.41, 5.74) is 0. The van der Waals surface area contributed by atoms with Gasteiger partial charge in [-0.25, -0.2) is 0 Å². The van der Waals surface area contributed by atoms with Gasteiger partial charge in [0.1, 0.15) is 0 Å². The monoisotopic (exact) mass is 310 g/mol. The van der Waals surface area contributed by atoms with Crippen molar-refractivity contribution >= 4 is 0 Å². The van der Waals surface area contributed by atoms with Crippen LogP contribution in [0.4, 0.5) is 0 Å². The fourth-order valence-electron chi connectivity index (χ4n) is 2.83. The molecule has 132 valence electrons. The van der Waals surface area contributed by atoms with E-state index in [0.717, 1.165) is 4.48 Å². The molecule has 0 rings (SSSR count). The van der Waals surface area contributed by atoms with Crippen molar-refractivity contribution in [3.8, 4) is 0 Å². The van der Waals surface area contributed by atoms with E-state index in [4.69, 9.17) is 0 Å². The Hall–Kier alpha value is -0.300. The van der Waals surface area contributed by atoms with Gasteiger partial charge in [-0.1, -0.05) is 70.4 Å². The fraction of sp³-hybridized carbons (Fsp3) is 0.905. The first kappa shape index (κ1) is 21.7. The molecule has 0 radical (unpaired) electrons. The van der Waals surface area contributed by atoms with Crippen molar-refractivity contribution in [3.05, 3.63) is 12.2 Å². The molecule has 0 aromatic heterocycles. The SMILES string of the molecule is CCCCCCCC/C=C/CCCCCCCC[N+](C)(C)C. The largest absolute Gasteiger partial charge is 0.331 e. The predicted octanol–water partition coefficient (Wildman–Crippen LogP) is 6.73. The Morgan fingerprint density at radius 1 is 0.545 bits per heavy atom. The van der Waals surface area contributed by atoms with Gasteiger partial charge in [0, 0.05) is 0 Å². The van der Waals surface area contributed by atoms with Gasteiger partial charge >= 0.3 is 0 Å². The Morgan fingerprint density at radius 3 is 1.41 bits per heavy atom. The summed E-state index contributed by atoms with van der Waals surface area (Å²) < 4.78 is 1.11. The van der Waals surface area contributed by atoms with Crippen molar-refractivity contribution in [2.45, 2.75) is 96.8 Å². The van der Waals surface area contributed by atoms with Gasteiger partial charge in [-0.05, 0) is 38.5 Å². The lowest BCUT2D eigenvalue weighted by molar-refractivity contribution is -0.870. The normalized spacial score (nSPS) is 12.4. The van der Waals surface area contributed by atoms with Gasteiger partial charge in [-0.2, -0.15) is 0 Å². The molecule has 0 aliphatic heterocycles. The molecule has 0 heterocycles. The summed E-state index contributed by atoms with van der Waals surface area (Å²) in [6.45, 7) is 3.61. The summed E-state index contributed by atoms with van der Waals surface area (Å²) in [6, 6.07) is 0. The standard InChI is InChI=1S/C21H44N/c1-5-6-7-8-9-10-11-12-13-14-15-16-17-18-19-20-21-22(2,3)4/h12-13H,5-11,14-21H2,1-4H3/q+1/b13-12+. The predicted molar refractivity (Wildman–Crippen MR) is 102 cm³/mol. The number of allylic oxidation sites excluding steroid dienone is 2. The van der Waals surface area contributed by atoms with Crippen LogP contribution >= 0.6 is 0 Å². The van der Waals surface area contributed by atoms with Gasteiger partial charge in [0.25, 0.3) is 0 Å². The molecule has 0 aromatic rings. The quantitative estimate of drug-likeness (QED) is 0.168. The van der Waals surface area contributed by atoms with E-state index in [2.05, 4.69) is 40.2 Å². The summed E-state index contributed by atoms with van der Waals surface area (Å²) >= 11 is 0. The molecule has 0 N–H and O–H groups in total. The summed E-state index contributed by atoms with van der Waals surface area (Å²) in [7, 11) is 6.87. The zero-order valence-electron chi connectivity index (χ0n) is 16.2. The molecule has 0 saturated heterocycles. The van der Waals surface area contributed by atoms with Crippen molar-refractivity contribution in [3.63, 3.8) is 0 Å². The van der Waals surface area contributed by atoms with Crippen LogP contribution in [-0.4, -0.2) is 32.2 Å². The minimum absolute atomic E-state index is 1.11. The number of hydrogen-bond acceptors (Lipinski definition) is 0. The maximum atomic E-state index is 2.42. The van der Waals surface area contributed by atoms with Gasteiger partial charge in [-0.3, -0.25) is 0 Å². The molecule has 0 saturated carbocycles. The van der Waals surface area contributed by atoms with Crippen molar-refractivity contribution in [2.24, 2.45) is 0 Å². The number of nitrogens with zero attached hydrogens (tertiary/aromatic N) is 1. The summed E-state index contributed by atoms with van der Waals surface area (Å²) in [5, 5.41) is 0. The van der Waals surface area contributed by atoms with Gasteiger partial charge in [-0.15, -0.1) is 0 Å². The van der Waals surface area contributed by atoms with E-state index >= 15 is 0 Å². The van der Waals surface area contributed by atoms with Crippen LogP contribution in [0.1, 0.15) is 96.8 Å². The highest BCUT2D eigenvalue weighted by Crippen LogP contribution is 2.10. The molecule has 0 aliphatic carbocycles. The van der Waals surface area contributed by atoms with E-state index in [-0.39, 0.29) is 0 Å². The van der Waals surface area contributed by atoms with E-state index in [0.29, 0.717) is 0 Å². The second-order valence-electron chi connectivity index (χ2n) is 7.95. The van der Waals surface area contributed by atoms with E-state index in [1.807, 2.05) is 0 Å². The van der Waals surface area contributed by atoms with E-state index < -0.39 is 0 Å². The van der Waals surface area contributed by atoms with Crippen LogP contribution in [-0.2, 0) is 0 Å². The molecular formula is C21H44N+. The molecule has 0 bridgehead atoms. The maximum absolute atomic E-state index is 2.42. The zero-order valence-corrected chi connectivity index (χ0v) is 16.2. The Morgan fingerprint density at radius 2 is 0.955 bits per heavy atom. The van der Waals surface area contributed by atoms with Crippen molar-refractivity contribution in [1.29, 1.82) is 0 Å². The third kappa shape index (κ3) is 19.7. The molecule has 0 aliphatic rings. The first-order valence-electron chi connectivity index (χ1n) is 10.0. The molecular weight excluding hydrogens is 266 g/mol. The van der Waals surface area contributed by atoms with Crippen LogP contribution in [0.3, 0.4) is 0 Å². The Balaban J connectivity index is 3.11. The van der Waals surface area contributed by atoms with Crippen molar-refractivity contribution in [2.75, 3.05) is 27.7 Å². The first-order valence-corrected chi connectivity index (χ1v) is 10.0. The van der Waals surface area contributed by atoms with Crippen molar-refractivity contribution in [1.82, 2.24) is 0 Å². The second kappa shape index (κ2) is 15.6. The van der Waals surface area contributed by atoms with Crippen LogP contribution in [0.15, 0.2) is 12.2 Å². The van der Waals surface area contributed by atoms with Crippen molar-refractivity contribution < 1.29 is 4.48 Å². The van der Waals surface area contributed by atoms with Crippen LogP contribution in [0.25, 0.3) is 0 Å². The highest BCUT2D eigenvalue weighted by molar-refractivity contribution is 4.81. The number of hydrogen-bond donors (Lipinski definition) is 0. The Bertz CT molecular complexity index is 237. The molecule has 0 aromatic carbocycles. The molecule has 0 atom stereocenters. The number of quaternary nitrogens is 1. The lowest BCUT2D eigenvalue weighted by atomic mass is 10.1. The highest BCUT2D eigenvalue weighted by Gasteiger charge is 2.04. The third-order valence-electron chi connectivity index (χ3n) is 4.34. The molecule has 1 nitrogen and oxygen atoms in total. The average molecular weight is 311 g/mol. The topological polar surface area (TPSA) is 0 Å². The second-order valence-corrected chi connectivity index (χ2v) is 7.95. The van der Waals surface area contributed by atoms with Crippen LogP contribution in [0.2, 0.25) is 0 Å². The van der Waals surface area contributed by atoms with Crippen LogP contribution in [0.5, 0.6) is 0 Å². The summed E-state index contributed by atoms with van der Waals surface area (Å²) in [4.78, 5) is 0. The van der Waals surface area contributed by atoms with E-state index in [9.17, 15) is 0 Å². The molecule has 1 heteroatoms. The van der Waals surface area contributed by atoms with Gasteiger partial charge in [0.2, 0.25) is 0 Å². The third-order valence-corrected chi connectivity index (χ3v) is 4.34. The fourth-order valence-corrected chi connectivity index (χ4v) is 2.83. The molecule has 0 unspecified atom stereocenters. The molecule has 22 heavy (non-hydrogen) atoms. The number of rotatable bonds is 16. The van der Waals surface area contributed by atoms with E-state index in [1.54, 1.807) is 0 Å². The number of unbranched alkanes of at least 4 members (excludes halogenated alkanes) is 12. The van der Waals surface area contributed by atoms with Gasteiger partial charge in [0.05, 0.1) is 27.7 Å². The smallest absolute Gasteiger partial charge is 0.0780 e. The van der Waals surface area contributed by atoms with E-state index in [1.165, 1.54) is 96.4 Å². The zero-order chi connectivity index (χ0) is 16.5. The van der Waals surface area contributed by atoms with Crippen LogP contribution < -0.4 is 0 Å². The molecule has 0 spiro atoms. The lowest BCUT2D eigenvalue weighted by Crippen LogP contribution is -2.35. The molecule has 0 fully saturated rings. The maximum Gasteiger partial charge on any atom is 0.0780 e. The van der Waals surface area contributed by atoms with Gasteiger partial charge < -0.3 is 4.48 Å². The Labute approximate surface area is 141 Å². The minimum atomic E-state index is 1.11. The summed E-state index contributed by atoms with van der Waals surface area (Å²) in [5.74, 6) is 0. The Kier molecular flexibility index (Phi) is 15.4. The van der Waals surface area contributed by atoms with Crippen LogP contribution in [0, 0.1) is 0 Å².